The van der Waals surface area contributed by atoms with E-state index in [4.69, 9.17) is 5.11 Å². The third kappa shape index (κ3) is 5.11. The van der Waals surface area contributed by atoms with Gasteiger partial charge in [0.25, 0.3) is 0 Å². The summed E-state index contributed by atoms with van der Waals surface area (Å²) in [7, 11) is 3.80. The van der Waals surface area contributed by atoms with Crippen molar-refractivity contribution < 1.29 is 14.7 Å². The first-order valence-electron chi connectivity index (χ1n) is 5.63. The van der Waals surface area contributed by atoms with Crippen molar-refractivity contribution in [3.05, 3.63) is 0 Å². The predicted molar refractivity (Wildman–Crippen MR) is 60.1 cm³/mol. The lowest BCUT2D eigenvalue weighted by Gasteiger charge is -2.21. The van der Waals surface area contributed by atoms with Gasteiger partial charge in [-0.25, -0.2) is 0 Å². The summed E-state index contributed by atoms with van der Waals surface area (Å²) < 4.78 is 0. The van der Waals surface area contributed by atoms with Crippen LogP contribution in [-0.4, -0.2) is 60.5 Å². The number of amides is 1. The summed E-state index contributed by atoms with van der Waals surface area (Å²) in [6.07, 6.45) is 2.64. The van der Waals surface area contributed by atoms with Gasteiger partial charge in [0.05, 0.1) is 0 Å². The predicted octanol–water partition coefficient (Wildman–Crippen LogP) is 0.261. The molecule has 5 nitrogen and oxygen atoms in total. The fourth-order valence-electron chi connectivity index (χ4n) is 1.51. The Morgan fingerprint density at radius 1 is 1.31 bits per heavy atom. The van der Waals surface area contributed by atoms with Crippen molar-refractivity contribution in [2.45, 2.75) is 19.3 Å². The highest BCUT2D eigenvalue weighted by molar-refractivity contribution is 5.81. The number of hydrogen-bond donors (Lipinski definition) is 1. The van der Waals surface area contributed by atoms with E-state index in [1.807, 2.05) is 19.0 Å². The number of carboxylic acids is 1. The maximum atomic E-state index is 11.8. The first-order chi connectivity index (χ1) is 7.49. The lowest BCUT2D eigenvalue weighted by atomic mass is 10.3. The molecule has 0 aromatic rings. The van der Waals surface area contributed by atoms with Gasteiger partial charge in [-0.2, -0.15) is 0 Å². The molecule has 0 saturated heterocycles. The molecule has 1 aliphatic rings. The SMILES string of the molecule is CN(C)CCC(=O)N(CC(=O)O)CC1CC1. The molecular formula is C11H20N2O3. The van der Waals surface area contributed by atoms with E-state index in [2.05, 4.69) is 0 Å². The Morgan fingerprint density at radius 2 is 1.94 bits per heavy atom. The second kappa shape index (κ2) is 5.84. The molecule has 1 N–H and O–H groups in total. The Kier molecular flexibility index (Phi) is 4.73. The average Bonchev–Trinajstić information content (AvgIpc) is 2.96. The van der Waals surface area contributed by atoms with Crippen molar-refractivity contribution in [3.8, 4) is 0 Å². The van der Waals surface area contributed by atoms with Crippen LogP contribution in [0.4, 0.5) is 0 Å². The normalized spacial score (nSPS) is 15.2. The molecular weight excluding hydrogens is 208 g/mol. The Bertz CT molecular complexity index is 262. The lowest BCUT2D eigenvalue weighted by Crippen LogP contribution is -2.38. The monoisotopic (exact) mass is 228 g/mol. The first kappa shape index (κ1) is 13.0. The molecule has 5 heteroatoms. The van der Waals surface area contributed by atoms with Crippen molar-refractivity contribution in [3.63, 3.8) is 0 Å². The fourth-order valence-corrected chi connectivity index (χ4v) is 1.51. The number of nitrogens with zero attached hydrogens (tertiary/aromatic N) is 2. The number of rotatable bonds is 7. The average molecular weight is 228 g/mol. The van der Waals surface area contributed by atoms with E-state index >= 15 is 0 Å². The number of carbonyl (C=O) groups is 2. The minimum Gasteiger partial charge on any atom is -0.480 e. The van der Waals surface area contributed by atoms with Gasteiger partial charge in [0.2, 0.25) is 5.91 Å². The van der Waals surface area contributed by atoms with Crippen LogP contribution in [0.1, 0.15) is 19.3 Å². The number of aliphatic carboxylic acids is 1. The molecule has 0 radical (unpaired) electrons. The first-order valence-corrected chi connectivity index (χ1v) is 5.63. The van der Waals surface area contributed by atoms with Gasteiger partial charge in [-0.1, -0.05) is 0 Å². The maximum absolute atomic E-state index is 11.8. The second-order valence-corrected chi connectivity index (χ2v) is 4.66. The molecule has 1 rings (SSSR count). The molecule has 0 bridgehead atoms. The van der Waals surface area contributed by atoms with E-state index in [-0.39, 0.29) is 12.5 Å². The van der Waals surface area contributed by atoms with E-state index in [1.54, 1.807) is 0 Å². The topological polar surface area (TPSA) is 60.9 Å². The van der Waals surface area contributed by atoms with Crippen molar-refractivity contribution in [2.75, 3.05) is 33.7 Å². The van der Waals surface area contributed by atoms with Gasteiger partial charge < -0.3 is 14.9 Å². The third-order valence-corrected chi connectivity index (χ3v) is 2.63. The van der Waals surface area contributed by atoms with E-state index in [1.165, 1.54) is 4.90 Å². The lowest BCUT2D eigenvalue weighted by molar-refractivity contribution is -0.144. The highest BCUT2D eigenvalue weighted by Gasteiger charge is 2.27. The molecule has 0 spiro atoms. The van der Waals surface area contributed by atoms with Gasteiger partial charge in [-0.15, -0.1) is 0 Å². The summed E-state index contributed by atoms with van der Waals surface area (Å²) in [5.41, 5.74) is 0. The van der Waals surface area contributed by atoms with Gasteiger partial charge in [0.15, 0.2) is 0 Å². The van der Waals surface area contributed by atoms with Gasteiger partial charge in [0.1, 0.15) is 6.54 Å². The van der Waals surface area contributed by atoms with Crippen LogP contribution >= 0.6 is 0 Å². The third-order valence-electron chi connectivity index (χ3n) is 2.63. The smallest absolute Gasteiger partial charge is 0.323 e. The molecule has 0 atom stereocenters. The summed E-state index contributed by atoms with van der Waals surface area (Å²) >= 11 is 0. The van der Waals surface area contributed by atoms with E-state index in [9.17, 15) is 9.59 Å². The molecule has 92 valence electrons. The molecule has 0 aliphatic heterocycles. The highest BCUT2D eigenvalue weighted by Crippen LogP contribution is 2.29. The summed E-state index contributed by atoms with van der Waals surface area (Å²) in [4.78, 5) is 25.8. The van der Waals surface area contributed by atoms with Crippen molar-refractivity contribution in [1.29, 1.82) is 0 Å². The largest absolute Gasteiger partial charge is 0.480 e. The molecule has 1 aliphatic carbocycles. The van der Waals surface area contributed by atoms with E-state index < -0.39 is 5.97 Å². The number of hydrogen-bond acceptors (Lipinski definition) is 3. The maximum Gasteiger partial charge on any atom is 0.323 e. The molecule has 16 heavy (non-hydrogen) atoms. The van der Waals surface area contributed by atoms with Gasteiger partial charge >= 0.3 is 5.97 Å². The molecule has 0 unspecified atom stereocenters. The summed E-state index contributed by atoms with van der Waals surface area (Å²) in [5, 5.41) is 8.74. The zero-order chi connectivity index (χ0) is 12.1. The Hall–Kier alpha value is -1.10. The van der Waals surface area contributed by atoms with Crippen LogP contribution in [0.5, 0.6) is 0 Å². The molecule has 0 aromatic heterocycles. The molecule has 1 fully saturated rings. The molecule has 1 saturated carbocycles. The Morgan fingerprint density at radius 3 is 2.38 bits per heavy atom. The molecule has 1 amide bonds. The van der Waals surface area contributed by atoms with Gasteiger partial charge in [-0.05, 0) is 32.9 Å². The van der Waals surface area contributed by atoms with Crippen molar-refractivity contribution >= 4 is 11.9 Å². The van der Waals surface area contributed by atoms with Gasteiger partial charge in [0, 0.05) is 19.5 Å². The standard InChI is InChI=1S/C11H20N2O3/c1-12(2)6-5-10(14)13(8-11(15)16)7-9-3-4-9/h9H,3-8H2,1-2H3,(H,15,16). The van der Waals surface area contributed by atoms with Crippen LogP contribution in [0, 0.1) is 5.92 Å². The summed E-state index contributed by atoms with van der Waals surface area (Å²) in [6, 6.07) is 0. The van der Waals surface area contributed by atoms with Crippen LogP contribution in [0.15, 0.2) is 0 Å². The van der Waals surface area contributed by atoms with Crippen LogP contribution in [0.25, 0.3) is 0 Å². The minimum atomic E-state index is -0.932. The Balaban J connectivity index is 2.39. The molecule has 0 aromatic carbocycles. The minimum absolute atomic E-state index is 0.0528. The summed E-state index contributed by atoms with van der Waals surface area (Å²) in [5.74, 6) is -0.454. The fraction of sp³-hybridized carbons (Fsp3) is 0.818. The molecule has 0 heterocycles. The quantitative estimate of drug-likeness (QED) is 0.679. The van der Waals surface area contributed by atoms with Crippen LogP contribution in [0.3, 0.4) is 0 Å². The van der Waals surface area contributed by atoms with E-state index in [0.717, 1.165) is 12.8 Å². The van der Waals surface area contributed by atoms with E-state index in [0.29, 0.717) is 25.4 Å². The zero-order valence-electron chi connectivity index (χ0n) is 9.98. The van der Waals surface area contributed by atoms with Crippen LogP contribution in [-0.2, 0) is 9.59 Å². The number of carbonyl (C=O) groups excluding carboxylic acids is 1. The second-order valence-electron chi connectivity index (χ2n) is 4.66. The van der Waals surface area contributed by atoms with Crippen molar-refractivity contribution in [2.24, 2.45) is 5.92 Å². The summed E-state index contributed by atoms with van der Waals surface area (Å²) in [6.45, 7) is 1.11. The van der Waals surface area contributed by atoms with Crippen LogP contribution in [0.2, 0.25) is 0 Å². The van der Waals surface area contributed by atoms with Crippen molar-refractivity contribution in [1.82, 2.24) is 9.80 Å². The number of carboxylic acid groups (broad SMARTS) is 1. The van der Waals surface area contributed by atoms with Crippen LogP contribution < -0.4 is 0 Å². The Labute approximate surface area is 96.0 Å². The highest BCUT2D eigenvalue weighted by atomic mass is 16.4. The van der Waals surface area contributed by atoms with Gasteiger partial charge in [-0.3, -0.25) is 9.59 Å². The zero-order valence-corrected chi connectivity index (χ0v) is 9.98.